The number of amides is 1. The van der Waals surface area contributed by atoms with E-state index in [2.05, 4.69) is 81.3 Å². The van der Waals surface area contributed by atoms with E-state index in [0.29, 0.717) is 64.1 Å². The predicted octanol–water partition coefficient (Wildman–Crippen LogP) is 12.8. The van der Waals surface area contributed by atoms with Crippen molar-refractivity contribution in [2.75, 3.05) is 50.2 Å². The Kier molecular flexibility index (Phi) is 22.5. The number of primary sulfonamides is 1. The Hall–Kier alpha value is -6.40. The van der Waals surface area contributed by atoms with Gasteiger partial charge < -0.3 is 24.4 Å². The van der Waals surface area contributed by atoms with Crippen molar-refractivity contribution in [1.29, 1.82) is 0 Å². The minimum absolute atomic E-state index is 0.0354. The van der Waals surface area contributed by atoms with Crippen LogP contribution in [0.1, 0.15) is 178 Å². The van der Waals surface area contributed by atoms with Gasteiger partial charge in [-0.15, -0.1) is 10.2 Å². The van der Waals surface area contributed by atoms with Gasteiger partial charge in [0.05, 0.1) is 24.3 Å². The average Bonchev–Trinajstić information content (AvgIpc) is 3.85. The average molecular weight is 1300 g/mol. The maximum Gasteiger partial charge on any atom is 0.338 e. The monoisotopic (exact) mass is 1300 g/mol. The van der Waals surface area contributed by atoms with Gasteiger partial charge in [0, 0.05) is 64.1 Å². The Labute approximate surface area is 535 Å². The molecule has 0 bridgehead atoms. The van der Waals surface area contributed by atoms with Crippen LogP contribution in [0.25, 0.3) is 11.6 Å². The summed E-state index contributed by atoms with van der Waals surface area (Å²) in [6.07, 6.45) is 28.2. The number of pyridine rings is 4. The first-order chi connectivity index (χ1) is 42.0. The molecule has 0 aliphatic heterocycles. The normalized spacial score (nSPS) is 18.4. The number of carboxylic acids is 1. The highest BCUT2D eigenvalue weighted by atomic mass is 35.5. The molecule has 25 heteroatoms. The lowest BCUT2D eigenvalue weighted by molar-refractivity contribution is 0.0696. The number of halogens is 2. The number of rotatable bonds is 27. The number of sulfonamides is 2. The third-order valence-electron chi connectivity index (χ3n) is 17.8. The van der Waals surface area contributed by atoms with Crippen molar-refractivity contribution in [3.05, 3.63) is 107 Å². The second-order valence-corrected chi connectivity index (χ2v) is 30.9. The van der Waals surface area contributed by atoms with Gasteiger partial charge in [-0.05, 0) is 172 Å². The molecule has 4 saturated carbocycles. The smallest absolute Gasteiger partial charge is 0.338 e. The van der Waals surface area contributed by atoms with E-state index in [0.717, 1.165) is 56.4 Å². The fourth-order valence-electron chi connectivity index (χ4n) is 11.4. The highest BCUT2D eigenvalue weighted by molar-refractivity contribution is 7.90. The number of unbranched alkanes of at least 4 members (excludes halogenated alkanes) is 2. The molecule has 484 valence electrons. The number of carbonyl (C=O) groups is 2. The number of anilines is 2. The van der Waals surface area contributed by atoms with Crippen molar-refractivity contribution in [3.63, 3.8) is 0 Å². The van der Waals surface area contributed by atoms with Crippen LogP contribution in [0, 0.1) is 33.5 Å². The summed E-state index contributed by atoms with van der Waals surface area (Å²) in [5.74, 6) is 2.96. The van der Waals surface area contributed by atoms with Crippen LogP contribution in [0.3, 0.4) is 0 Å². The number of hydrogen-bond donors (Lipinski definition) is 3. The predicted molar refractivity (Wildman–Crippen MR) is 346 cm³/mol. The van der Waals surface area contributed by atoms with Crippen molar-refractivity contribution in [1.82, 2.24) is 44.2 Å². The van der Waals surface area contributed by atoms with Crippen LogP contribution in [0.2, 0.25) is 10.3 Å². The van der Waals surface area contributed by atoms with Gasteiger partial charge in [0.1, 0.15) is 31.7 Å². The zero-order valence-corrected chi connectivity index (χ0v) is 55.8. The molecule has 89 heavy (non-hydrogen) atoms. The molecular formula is C64H88Cl2N12O9S2. The summed E-state index contributed by atoms with van der Waals surface area (Å²) >= 11 is 12.2. The van der Waals surface area contributed by atoms with Crippen LogP contribution < -0.4 is 29.1 Å². The second-order valence-electron chi connectivity index (χ2n) is 26.9. The summed E-state index contributed by atoms with van der Waals surface area (Å²) in [4.78, 5) is 44.6. The van der Waals surface area contributed by atoms with Gasteiger partial charge in [0.25, 0.3) is 15.9 Å². The van der Waals surface area contributed by atoms with Crippen molar-refractivity contribution >= 4 is 66.8 Å². The molecule has 0 radical (unpaired) electrons. The van der Waals surface area contributed by atoms with Crippen molar-refractivity contribution in [2.24, 2.45) is 38.6 Å². The Morgan fingerprint density at radius 1 is 0.629 bits per heavy atom. The largest absolute Gasteiger partial charge is 0.478 e. The van der Waals surface area contributed by atoms with Crippen LogP contribution in [-0.4, -0.2) is 114 Å². The molecule has 10 rings (SSSR count). The van der Waals surface area contributed by atoms with Gasteiger partial charge in [-0.2, -0.15) is 0 Å². The molecule has 2 unspecified atom stereocenters. The van der Waals surface area contributed by atoms with E-state index in [1.807, 2.05) is 19.0 Å². The van der Waals surface area contributed by atoms with Crippen LogP contribution in [0.5, 0.6) is 11.8 Å². The molecule has 6 heterocycles. The van der Waals surface area contributed by atoms with Gasteiger partial charge in [-0.3, -0.25) is 4.79 Å². The first kappa shape index (κ1) is 68.5. The number of nitrogens with two attached hydrogens (primary N) is 1. The van der Waals surface area contributed by atoms with Crippen LogP contribution in [-0.2, 0) is 20.0 Å². The van der Waals surface area contributed by atoms with E-state index in [4.69, 9.17) is 42.9 Å². The number of nitrogens with zero attached hydrogens (tertiary/aromatic N) is 10. The molecule has 4 fully saturated rings. The summed E-state index contributed by atoms with van der Waals surface area (Å²) < 4.78 is 64.8. The van der Waals surface area contributed by atoms with E-state index >= 15 is 0 Å². The zero-order chi connectivity index (χ0) is 64.4. The molecule has 2 atom stereocenters. The van der Waals surface area contributed by atoms with Gasteiger partial charge in [0.2, 0.25) is 21.8 Å². The number of carbonyl (C=O) groups excluding carboxylic acids is 1. The third kappa shape index (κ3) is 20.6. The van der Waals surface area contributed by atoms with E-state index in [1.54, 1.807) is 42.7 Å². The minimum Gasteiger partial charge on any atom is -0.478 e. The third-order valence-corrected chi connectivity index (χ3v) is 20.6. The van der Waals surface area contributed by atoms with E-state index in [-0.39, 0.29) is 31.2 Å². The molecule has 4 aliphatic rings. The maximum atomic E-state index is 13.0. The standard InChI is InChI=1S/C32H43ClN6O4S.C17H29N3O2S.C15H16ClN3O3/c1-31(2)14-12-23(21-31)7-5-6-18-38(4)26-10-8-24(22-34-26)44(41,42)37-30(40)25-9-11-27(35-29(25)33)39-19-13-28(36-39)43-20-17-32(3)15-16-32;1-17(2)10-9-14(12-17)6-4-5-11-20(3)16-8-7-15(13-19-16)23(18,21)22;1-15(5-6-15)7-9-22-12-4-8-19(18-12)11-3-2-10(14(20)21)13(16)17-11/h8-11,13,19,22-23H,5-7,12,14-18,20-21H2,1-4H3,(H,37,40);7-8,13-14H,4-6,9-12H2,1-3H3,(H2,18,21,22);2-4,8H,5-7,9H2,1H3,(H,20,21). The van der Waals surface area contributed by atoms with Crippen LogP contribution in [0.4, 0.5) is 11.6 Å². The highest BCUT2D eigenvalue weighted by Gasteiger charge is 2.38. The quantitative estimate of drug-likeness (QED) is 0.0319. The number of ether oxygens (including phenoxy) is 2. The molecule has 1 amide bonds. The lowest BCUT2D eigenvalue weighted by atomic mass is 9.89. The molecule has 6 aromatic rings. The Morgan fingerprint density at radius 3 is 1.44 bits per heavy atom. The van der Waals surface area contributed by atoms with E-state index in [1.165, 1.54) is 142 Å². The second kappa shape index (κ2) is 29.3. The van der Waals surface area contributed by atoms with Gasteiger partial charge in [-0.25, -0.2) is 60.8 Å². The topological polar surface area (TPSA) is 273 Å². The Bertz CT molecular complexity index is 3590. The number of aromatic carboxylic acids is 1. The van der Waals surface area contributed by atoms with Gasteiger partial charge in [0.15, 0.2) is 11.6 Å². The highest BCUT2D eigenvalue weighted by Crippen LogP contribution is 2.49. The molecule has 0 aromatic carbocycles. The molecule has 6 aromatic heterocycles. The molecule has 4 N–H and O–H groups in total. The van der Waals surface area contributed by atoms with Crippen LogP contribution in [0.15, 0.2) is 95.2 Å². The molecule has 4 aliphatic carbocycles. The lowest BCUT2D eigenvalue weighted by Crippen LogP contribution is -2.31. The molecule has 0 saturated heterocycles. The molecule has 0 spiro atoms. The molecule has 21 nitrogen and oxygen atoms in total. The van der Waals surface area contributed by atoms with E-state index < -0.39 is 31.9 Å². The van der Waals surface area contributed by atoms with Gasteiger partial charge >= 0.3 is 5.97 Å². The summed E-state index contributed by atoms with van der Waals surface area (Å²) in [5, 5.41) is 22.4. The molecular weight excluding hydrogens is 1220 g/mol. The number of aromatic nitrogens is 8. The van der Waals surface area contributed by atoms with Crippen molar-refractivity contribution in [2.45, 2.75) is 167 Å². The number of hydrogen-bond acceptors (Lipinski definition) is 16. The number of carboxylic acid groups (broad SMARTS) is 1. The lowest BCUT2D eigenvalue weighted by Gasteiger charge is -2.19. The maximum absolute atomic E-state index is 13.0. The Morgan fingerprint density at radius 2 is 1.07 bits per heavy atom. The summed E-state index contributed by atoms with van der Waals surface area (Å²) in [5.41, 5.74) is 1.75. The first-order valence-electron chi connectivity index (χ1n) is 30.9. The summed E-state index contributed by atoms with van der Waals surface area (Å²) in [7, 11) is -3.92. The zero-order valence-electron chi connectivity index (χ0n) is 52.6. The van der Waals surface area contributed by atoms with Crippen molar-refractivity contribution < 1.29 is 41.0 Å². The van der Waals surface area contributed by atoms with E-state index in [9.17, 15) is 26.4 Å². The van der Waals surface area contributed by atoms with Gasteiger partial charge in [-0.1, -0.05) is 90.4 Å². The first-order valence-corrected chi connectivity index (χ1v) is 34.6. The summed E-state index contributed by atoms with van der Waals surface area (Å²) in [6.45, 7) is 16.9. The summed E-state index contributed by atoms with van der Waals surface area (Å²) in [6, 6.07) is 15.7. The fourth-order valence-corrected chi connectivity index (χ4v) is 13.2. The fraction of sp³-hybridized carbons (Fsp3) is 0.562. The van der Waals surface area contributed by atoms with Crippen molar-refractivity contribution in [3.8, 4) is 23.4 Å². The minimum atomic E-state index is -4.18. The SMILES string of the molecule is CC1(CCOc2ccn(-c3ccc(C(=O)O)c(Cl)n3)n2)CC1.CN(CCCCC1CCC(C)(C)C1)c1ccc(S(=O)(=O)NC(=O)c2ccc(-n3ccc(OCCC4(C)CC4)n3)nc2Cl)cn1.CN(CCCCC1CCC(C)(C)C1)c1ccc(S(N)(=O)=O)cn1. The number of nitrogens with one attached hydrogen (secondary N) is 1. The Balaban J connectivity index is 0.000000191. The van der Waals surface area contributed by atoms with Crippen LogP contribution >= 0.6 is 23.2 Å².